The number of aliphatic hydroxyl groups excluding tert-OH is 1. The Hall–Kier alpha value is -2.56. The number of benzene rings is 2. The lowest BCUT2D eigenvalue weighted by atomic mass is 10.1. The van der Waals surface area contributed by atoms with E-state index in [0.29, 0.717) is 13.1 Å². The second-order valence-electron chi connectivity index (χ2n) is 6.52. The molecule has 0 aliphatic rings. The molecule has 1 heterocycles. The molecule has 0 saturated heterocycles. The summed E-state index contributed by atoms with van der Waals surface area (Å²) in [5, 5.41) is 10.4. The van der Waals surface area contributed by atoms with Crippen LogP contribution < -0.4 is 4.74 Å². The molecule has 0 amide bonds. The van der Waals surface area contributed by atoms with E-state index in [4.69, 9.17) is 9.15 Å². The predicted octanol–water partition coefficient (Wildman–Crippen LogP) is 4.03. The lowest BCUT2D eigenvalue weighted by molar-refractivity contribution is 0.0604. The van der Waals surface area contributed by atoms with Gasteiger partial charge in [-0.05, 0) is 36.8 Å². The van der Waals surface area contributed by atoms with Gasteiger partial charge in [-0.3, -0.25) is 4.90 Å². The summed E-state index contributed by atoms with van der Waals surface area (Å²) in [5.74, 6) is 1.65. The summed E-state index contributed by atoms with van der Waals surface area (Å²) < 4.78 is 11.2. The van der Waals surface area contributed by atoms with Crippen LogP contribution in [-0.2, 0) is 13.1 Å². The smallest absolute Gasteiger partial charge is 0.119 e. The number of hydrogen-bond donors (Lipinski definition) is 1. The van der Waals surface area contributed by atoms with Gasteiger partial charge < -0.3 is 14.3 Å². The predicted molar refractivity (Wildman–Crippen MR) is 102 cm³/mol. The molecule has 136 valence electrons. The highest BCUT2D eigenvalue weighted by atomic mass is 16.5. The summed E-state index contributed by atoms with van der Waals surface area (Å²) in [7, 11) is 0. The Morgan fingerprint density at radius 2 is 1.85 bits per heavy atom. The average Bonchev–Trinajstić information content (AvgIpc) is 3.14. The summed E-state index contributed by atoms with van der Waals surface area (Å²) in [6, 6.07) is 21.8. The number of para-hydroxylation sites is 1. The molecule has 0 radical (unpaired) electrons. The molecule has 4 heteroatoms. The van der Waals surface area contributed by atoms with Crippen LogP contribution in [0.2, 0.25) is 0 Å². The van der Waals surface area contributed by atoms with E-state index in [1.54, 1.807) is 6.26 Å². The van der Waals surface area contributed by atoms with Crippen LogP contribution in [-0.4, -0.2) is 29.3 Å². The average molecular weight is 351 g/mol. The molecule has 1 unspecified atom stereocenters. The maximum absolute atomic E-state index is 10.4. The van der Waals surface area contributed by atoms with Gasteiger partial charge in [0.25, 0.3) is 0 Å². The Morgan fingerprint density at radius 3 is 2.58 bits per heavy atom. The summed E-state index contributed by atoms with van der Waals surface area (Å²) in [5.41, 5.74) is 2.45. The quantitative estimate of drug-likeness (QED) is 0.632. The molecular weight excluding hydrogens is 326 g/mol. The number of hydrogen-bond acceptors (Lipinski definition) is 4. The van der Waals surface area contributed by atoms with Gasteiger partial charge in [0.15, 0.2) is 0 Å². The molecule has 0 aliphatic heterocycles. The van der Waals surface area contributed by atoms with Gasteiger partial charge in [-0.1, -0.05) is 48.0 Å². The summed E-state index contributed by atoms with van der Waals surface area (Å²) in [4.78, 5) is 2.17. The van der Waals surface area contributed by atoms with E-state index < -0.39 is 6.10 Å². The highest BCUT2D eigenvalue weighted by Crippen LogP contribution is 2.14. The molecular formula is C22H25NO3. The number of furan rings is 1. The topological polar surface area (TPSA) is 45.8 Å². The van der Waals surface area contributed by atoms with E-state index in [1.165, 1.54) is 11.1 Å². The molecule has 0 bridgehead atoms. The fourth-order valence-electron chi connectivity index (χ4n) is 2.94. The minimum atomic E-state index is -0.588. The van der Waals surface area contributed by atoms with Crippen molar-refractivity contribution in [1.29, 1.82) is 0 Å². The Balaban J connectivity index is 1.60. The van der Waals surface area contributed by atoms with E-state index in [-0.39, 0.29) is 6.61 Å². The maximum atomic E-state index is 10.4. The molecule has 0 fully saturated rings. The Kier molecular flexibility index (Phi) is 6.47. The first-order valence-corrected chi connectivity index (χ1v) is 8.85. The van der Waals surface area contributed by atoms with Gasteiger partial charge in [-0.2, -0.15) is 0 Å². The van der Waals surface area contributed by atoms with E-state index in [2.05, 4.69) is 36.1 Å². The van der Waals surface area contributed by atoms with Crippen molar-refractivity contribution in [3.05, 3.63) is 89.9 Å². The van der Waals surface area contributed by atoms with Crippen LogP contribution in [0.3, 0.4) is 0 Å². The van der Waals surface area contributed by atoms with Crippen molar-refractivity contribution in [1.82, 2.24) is 4.90 Å². The lowest BCUT2D eigenvalue weighted by Gasteiger charge is -2.24. The van der Waals surface area contributed by atoms with Crippen molar-refractivity contribution in [3.8, 4) is 5.75 Å². The Labute approximate surface area is 154 Å². The maximum Gasteiger partial charge on any atom is 0.119 e. The fraction of sp³-hybridized carbons (Fsp3) is 0.273. The van der Waals surface area contributed by atoms with Crippen LogP contribution >= 0.6 is 0 Å². The van der Waals surface area contributed by atoms with Gasteiger partial charge in [-0.15, -0.1) is 0 Å². The van der Waals surface area contributed by atoms with Crippen molar-refractivity contribution in [2.24, 2.45) is 0 Å². The van der Waals surface area contributed by atoms with Gasteiger partial charge in [-0.25, -0.2) is 0 Å². The number of ether oxygens (including phenoxy) is 1. The minimum absolute atomic E-state index is 0.256. The number of nitrogens with zero attached hydrogens (tertiary/aromatic N) is 1. The van der Waals surface area contributed by atoms with Gasteiger partial charge >= 0.3 is 0 Å². The SMILES string of the molecule is Cc1cccc(CN(Cc2ccco2)CC(O)COc2ccccc2)c1. The summed E-state index contributed by atoms with van der Waals surface area (Å²) in [6.45, 7) is 4.23. The molecule has 0 saturated carbocycles. The molecule has 0 aliphatic carbocycles. The monoisotopic (exact) mass is 351 g/mol. The standard InChI is InChI=1S/C22H25NO3/c1-18-7-5-8-19(13-18)14-23(16-22-11-6-12-25-22)15-20(24)17-26-21-9-3-2-4-10-21/h2-13,20,24H,14-17H2,1H3. The van der Waals surface area contributed by atoms with Crippen LogP contribution in [0.15, 0.2) is 77.4 Å². The molecule has 2 aromatic carbocycles. The third-order valence-corrected chi connectivity index (χ3v) is 4.10. The van der Waals surface area contributed by atoms with Gasteiger partial charge in [0, 0.05) is 13.1 Å². The first-order chi connectivity index (χ1) is 12.7. The Bertz CT molecular complexity index is 771. The first-order valence-electron chi connectivity index (χ1n) is 8.85. The molecule has 3 aromatic rings. The lowest BCUT2D eigenvalue weighted by Crippen LogP contribution is -2.35. The van der Waals surface area contributed by atoms with Crippen molar-refractivity contribution in [3.63, 3.8) is 0 Å². The number of aliphatic hydroxyl groups is 1. The first kappa shape index (κ1) is 18.2. The van der Waals surface area contributed by atoms with E-state index in [0.717, 1.165) is 18.1 Å². The highest BCUT2D eigenvalue weighted by Gasteiger charge is 2.15. The van der Waals surface area contributed by atoms with Crippen molar-refractivity contribution < 1.29 is 14.3 Å². The van der Waals surface area contributed by atoms with Crippen LogP contribution in [0.5, 0.6) is 5.75 Å². The summed E-state index contributed by atoms with van der Waals surface area (Å²) in [6.07, 6.45) is 1.09. The number of rotatable bonds is 9. The molecule has 0 spiro atoms. The van der Waals surface area contributed by atoms with E-state index >= 15 is 0 Å². The second-order valence-corrected chi connectivity index (χ2v) is 6.52. The summed E-state index contributed by atoms with van der Waals surface area (Å²) >= 11 is 0. The third-order valence-electron chi connectivity index (χ3n) is 4.10. The van der Waals surface area contributed by atoms with Crippen LogP contribution in [0.25, 0.3) is 0 Å². The molecule has 4 nitrogen and oxygen atoms in total. The highest BCUT2D eigenvalue weighted by molar-refractivity contribution is 5.22. The van der Waals surface area contributed by atoms with Crippen molar-refractivity contribution in [2.75, 3.05) is 13.2 Å². The zero-order valence-corrected chi connectivity index (χ0v) is 15.0. The molecule has 1 atom stereocenters. The largest absolute Gasteiger partial charge is 0.491 e. The zero-order chi connectivity index (χ0) is 18.2. The van der Waals surface area contributed by atoms with Crippen molar-refractivity contribution >= 4 is 0 Å². The normalized spacial score (nSPS) is 12.3. The van der Waals surface area contributed by atoms with E-state index in [1.807, 2.05) is 42.5 Å². The molecule has 26 heavy (non-hydrogen) atoms. The van der Waals surface area contributed by atoms with E-state index in [9.17, 15) is 5.11 Å². The van der Waals surface area contributed by atoms with Gasteiger partial charge in [0.2, 0.25) is 0 Å². The zero-order valence-electron chi connectivity index (χ0n) is 15.0. The molecule has 3 rings (SSSR count). The third kappa shape index (κ3) is 5.76. The second kappa shape index (κ2) is 9.22. The van der Waals surface area contributed by atoms with Gasteiger partial charge in [0.05, 0.1) is 12.8 Å². The van der Waals surface area contributed by atoms with Crippen LogP contribution in [0.1, 0.15) is 16.9 Å². The number of aryl methyl sites for hydroxylation is 1. The molecule has 1 N–H and O–H groups in total. The van der Waals surface area contributed by atoms with Crippen molar-refractivity contribution in [2.45, 2.75) is 26.1 Å². The molecule has 1 aromatic heterocycles. The van der Waals surface area contributed by atoms with Crippen LogP contribution in [0.4, 0.5) is 0 Å². The van der Waals surface area contributed by atoms with Gasteiger partial charge in [0.1, 0.15) is 24.2 Å². The fourth-order valence-corrected chi connectivity index (χ4v) is 2.94. The Morgan fingerprint density at radius 1 is 1.00 bits per heavy atom. The minimum Gasteiger partial charge on any atom is -0.491 e. The van der Waals surface area contributed by atoms with Crippen LogP contribution in [0, 0.1) is 6.92 Å².